The van der Waals surface area contributed by atoms with Crippen LogP contribution >= 0.6 is 0 Å². The number of carbonyl (C=O) groups excluding carboxylic acids is 1. The number of ether oxygens (including phenoxy) is 1. The van der Waals surface area contributed by atoms with Crippen LogP contribution < -0.4 is 16.0 Å². The Kier molecular flexibility index (Phi) is 3.76. The smallest absolute Gasteiger partial charge is 0.228 e. The van der Waals surface area contributed by atoms with E-state index in [1.807, 2.05) is 12.1 Å². The molecule has 0 spiro atoms. The number of rotatable bonds is 6. The molecule has 1 amide bonds. The zero-order chi connectivity index (χ0) is 15.0. The van der Waals surface area contributed by atoms with Crippen molar-refractivity contribution in [2.75, 3.05) is 36.2 Å². The summed E-state index contributed by atoms with van der Waals surface area (Å²) in [6.45, 7) is 3.73. The number of hydrogen-bond donors (Lipinski definition) is 2. The molecule has 1 unspecified atom stereocenters. The molecule has 1 atom stereocenters. The summed E-state index contributed by atoms with van der Waals surface area (Å²) < 4.78 is 5.24. The molecule has 1 aromatic carbocycles. The van der Waals surface area contributed by atoms with Gasteiger partial charge >= 0.3 is 0 Å². The third-order valence-electron chi connectivity index (χ3n) is 4.52. The van der Waals surface area contributed by atoms with E-state index in [2.05, 4.69) is 17.1 Å². The molecular weight excluding hydrogens is 266 g/mol. The second-order valence-corrected chi connectivity index (χ2v) is 6.06. The summed E-state index contributed by atoms with van der Waals surface area (Å²) in [5.74, 6) is 0.782. The van der Waals surface area contributed by atoms with Crippen LogP contribution in [0.15, 0.2) is 12.1 Å². The normalized spacial score (nSPS) is 18.3. The molecule has 0 radical (unpaired) electrons. The van der Waals surface area contributed by atoms with Gasteiger partial charge in [-0.1, -0.05) is 0 Å². The molecule has 1 saturated carbocycles. The second kappa shape index (κ2) is 5.56. The van der Waals surface area contributed by atoms with E-state index >= 15 is 0 Å². The Balaban J connectivity index is 1.91. The van der Waals surface area contributed by atoms with Crippen LogP contribution in [0.5, 0.6) is 0 Å². The quantitative estimate of drug-likeness (QED) is 0.786. The molecule has 0 bridgehead atoms. The van der Waals surface area contributed by atoms with Crippen molar-refractivity contribution in [3.63, 3.8) is 0 Å². The van der Waals surface area contributed by atoms with Crippen LogP contribution in [-0.2, 0) is 16.0 Å². The van der Waals surface area contributed by atoms with Crippen molar-refractivity contribution in [2.24, 2.45) is 5.92 Å². The standard InChI is InChI=1S/C16H23N3O2/c1-10(11-3-4-11)19(5-6-21-2)15-9-14-12(7-13(15)17)8-16(20)18-14/h7,9-11H,3-6,8,17H2,1-2H3,(H,18,20). The minimum Gasteiger partial charge on any atom is -0.397 e. The van der Waals surface area contributed by atoms with Gasteiger partial charge in [-0.05, 0) is 43.4 Å². The van der Waals surface area contributed by atoms with Crippen molar-refractivity contribution >= 4 is 23.0 Å². The molecule has 3 rings (SSSR count). The molecule has 3 N–H and O–H groups in total. The van der Waals surface area contributed by atoms with E-state index < -0.39 is 0 Å². The molecular formula is C16H23N3O2. The number of carbonyl (C=O) groups is 1. The minimum absolute atomic E-state index is 0.0419. The van der Waals surface area contributed by atoms with Gasteiger partial charge in [0, 0.05) is 25.4 Å². The van der Waals surface area contributed by atoms with Crippen LogP contribution in [0.25, 0.3) is 0 Å². The van der Waals surface area contributed by atoms with E-state index in [0.29, 0.717) is 19.1 Å². The van der Waals surface area contributed by atoms with Crippen LogP contribution in [-0.4, -0.2) is 32.2 Å². The van der Waals surface area contributed by atoms with Gasteiger partial charge in [-0.2, -0.15) is 0 Å². The lowest BCUT2D eigenvalue weighted by atomic mass is 10.1. The molecule has 1 fully saturated rings. The van der Waals surface area contributed by atoms with E-state index in [9.17, 15) is 4.79 Å². The number of nitrogens with two attached hydrogens (primary N) is 1. The summed E-state index contributed by atoms with van der Waals surface area (Å²) in [4.78, 5) is 13.9. The average molecular weight is 289 g/mol. The van der Waals surface area contributed by atoms with Crippen LogP contribution in [0.1, 0.15) is 25.3 Å². The van der Waals surface area contributed by atoms with Gasteiger partial charge in [0.1, 0.15) is 0 Å². The number of amides is 1. The summed E-state index contributed by atoms with van der Waals surface area (Å²) in [5, 5.41) is 2.91. The molecule has 2 aliphatic rings. The molecule has 0 saturated heterocycles. The molecule has 5 nitrogen and oxygen atoms in total. The predicted octanol–water partition coefficient (Wildman–Crippen LogP) is 2.01. The van der Waals surface area contributed by atoms with E-state index in [0.717, 1.165) is 35.1 Å². The highest BCUT2D eigenvalue weighted by Crippen LogP contribution is 2.40. The van der Waals surface area contributed by atoms with E-state index in [1.165, 1.54) is 12.8 Å². The molecule has 5 heteroatoms. The molecule has 0 aromatic heterocycles. The van der Waals surface area contributed by atoms with Crippen molar-refractivity contribution in [1.82, 2.24) is 0 Å². The first-order valence-electron chi connectivity index (χ1n) is 7.58. The van der Waals surface area contributed by atoms with Gasteiger partial charge in [0.05, 0.1) is 24.4 Å². The number of nitrogens with one attached hydrogen (secondary N) is 1. The van der Waals surface area contributed by atoms with Crippen LogP contribution in [0, 0.1) is 5.92 Å². The van der Waals surface area contributed by atoms with Gasteiger partial charge in [0.25, 0.3) is 0 Å². The van der Waals surface area contributed by atoms with Gasteiger partial charge in [-0.25, -0.2) is 0 Å². The zero-order valence-electron chi connectivity index (χ0n) is 12.7. The van der Waals surface area contributed by atoms with E-state index in [4.69, 9.17) is 10.5 Å². The van der Waals surface area contributed by atoms with Crippen molar-refractivity contribution in [1.29, 1.82) is 0 Å². The first-order valence-corrected chi connectivity index (χ1v) is 7.58. The number of anilines is 3. The largest absolute Gasteiger partial charge is 0.397 e. The summed E-state index contributed by atoms with van der Waals surface area (Å²) in [6, 6.07) is 4.39. The van der Waals surface area contributed by atoms with E-state index in [-0.39, 0.29) is 5.91 Å². The van der Waals surface area contributed by atoms with Gasteiger partial charge in [-0.3, -0.25) is 4.79 Å². The second-order valence-electron chi connectivity index (χ2n) is 6.06. The lowest BCUT2D eigenvalue weighted by Crippen LogP contribution is -2.37. The summed E-state index contributed by atoms with van der Waals surface area (Å²) in [7, 11) is 1.71. The fourth-order valence-electron chi connectivity index (χ4n) is 3.10. The fraction of sp³-hybridized carbons (Fsp3) is 0.562. The predicted molar refractivity (Wildman–Crippen MR) is 84.6 cm³/mol. The number of hydrogen-bond acceptors (Lipinski definition) is 4. The molecule has 1 aliphatic carbocycles. The van der Waals surface area contributed by atoms with Gasteiger partial charge in [-0.15, -0.1) is 0 Å². The Morgan fingerprint density at radius 2 is 2.24 bits per heavy atom. The van der Waals surface area contributed by atoms with Gasteiger partial charge in [0.2, 0.25) is 5.91 Å². The highest BCUT2D eigenvalue weighted by Gasteiger charge is 2.33. The Labute approximate surface area is 125 Å². The van der Waals surface area contributed by atoms with E-state index in [1.54, 1.807) is 7.11 Å². The molecule has 21 heavy (non-hydrogen) atoms. The third kappa shape index (κ3) is 2.83. The molecule has 1 heterocycles. The Hall–Kier alpha value is -1.75. The SMILES string of the molecule is COCCN(c1cc2c(cc1N)CC(=O)N2)C(C)C1CC1. The maximum atomic E-state index is 11.5. The van der Waals surface area contributed by atoms with Crippen molar-refractivity contribution in [2.45, 2.75) is 32.2 Å². The fourth-order valence-corrected chi connectivity index (χ4v) is 3.10. The third-order valence-corrected chi connectivity index (χ3v) is 4.52. The van der Waals surface area contributed by atoms with Gasteiger partial charge in [0.15, 0.2) is 0 Å². The number of nitrogens with zero attached hydrogens (tertiary/aromatic N) is 1. The summed E-state index contributed by atoms with van der Waals surface area (Å²) >= 11 is 0. The maximum absolute atomic E-state index is 11.5. The molecule has 114 valence electrons. The first-order chi connectivity index (χ1) is 10.1. The minimum atomic E-state index is 0.0419. The van der Waals surface area contributed by atoms with Gasteiger partial charge < -0.3 is 20.7 Å². The number of nitrogen functional groups attached to an aromatic ring is 1. The molecule has 1 aromatic rings. The Morgan fingerprint density at radius 1 is 1.48 bits per heavy atom. The Bertz CT molecular complexity index is 555. The zero-order valence-corrected chi connectivity index (χ0v) is 12.7. The monoisotopic (exact) mass is 289 g/mol. The number of fused-ring (bicyclic) bond motifs is 1. The topological polar surface area (TPSA) is 67.6 Å². The van der Waals surface area contributed by atoms with Crippen molar-refractivity contribution < 1.29 is 9.53 Å². The van der Waals surface area contributed by atoms with Crippen molar-refractivity contribution in [3.8, 4) is 0 Å². The lowest BCUT2D eigenvalue weighted by Gasteiger charge is -2.32. The average Bonchev–Trinajstić information content (AvgIpc) is 3.22. The summed E-state index contributed by atoms with van der Waals surface area (Å²) in [6.07, 6.45) is 2.99. The Morgan fingerprint density at radius 3 is 2.90 bits per heavy atom. The van der Waals surface area contributed by atoms with Crippen LogP contribution in [0.3, 0.4) is 0 Å². The first kappa shape index (κ1) is 14.2. The summed E-state index contributed by atoms with van der Waals surface area (Å²) in [5.41, 5.74) is 9.89. The number of methoxy groups -OCH3 is 1. The number of benzene rings is 1. The van der Waals surface area contributed by atoms with Crippen molar-refractivity contribution in [3.05, 3.63) is 17.7 Å². The lowest BCUT2D eigenvalue weighted by molar-refractivity contribution is -0.115. The maximum Gasteiger partial charge on any atom is 0.228 e. The van der Waals surface area contributed by atoms with Crippen LogP contribution in [0.4, 0.5) is 17.1 Å². The molecule has 1 aliphatic heterocycles. The van der Waals surface area contributed by atoms with Crippen LogP contribution in [0.2, 0.25) is 0 Å². The highest BCUT2D eigenvalue weighted by atomic mass is 16.5. The highest BCUT2D eigenvalue weighted by molar-refractivity contribution is 6.01.